The normalized spacial score (nSPS) is 20.2. The molecule has 3 rings (SSSR count). The number of halogens is 1. The second kappa shape index (κ2) is 5.96. The number of sulfonamides is 1. The van der Waals surface area contributed by atoms with Crippen molar-refractivity contribution in [1.82, 2.24) is 4.72 Å². The van der Waals surface area contributed by atoms with Gasteiger partial charge in [0, 0.05) is 10.5 Å². The van der Waals surface area contributed by atoms with Gasteiger partial charge in [0.2, 0.25) is 0 Å². The van der Waals surface area contributed by atoms with Crippen LogP contribution in [-0.2, 0) is 19.9 Å². The van der Waals surface area contributed by atoms with E-state index < -0.39 is 25.9 Å². The molecule has 0 spiro atoms. The largest absolute Gasteiger partial charge is 0.250 e. The smallest absolute Gasteiger partial charge is 0.224 e. The molecular formula is C14H14BrNO4S3. The quantitative estimate of drug-likeness (QED) is 0.802. The number of nitrogens with one attached hydrogen (secondary N) is 1. The van der Waals surface area contributed by atoms with Crippen LogP contribution >= 0.6 is 27.3 Å². The molecule has 0 radical (unpaired) electrons. The molecule has 1 aliphatic rings. The van der Waals surface area contributed by atoms with E-state index in [9.17, 15) is 16.8 Å². The lowest BCUT2D eigenvalue weighted by Gasteiger charge is -2.26. The summed E-state index contributed by atoms with van der Waals surface area (Å²) in [5, 5.41) is 1.72. The number of thiophene rings is 1. The molecule has 0 fully saturated rings. The van der Waals surface area contributed by atoms with Crippen molar-refractivity contribution in [3.63, 3.8) is 0 Å². The summed E-state index contributed by atoms with van der Waals surface area (Å²) in [6.45, 7) is 1.74. The number of hydrogen-bond acceptors (Lipinski definition) is 5. The molecule has 0 saturated carbocycles. The van der Waals surface area contributed by atoms with Crippen LogP contribution in [0.25, 0.3) is 0 Å². The third-order valence-electron chi connectivity index (χ3n) is 3.71. The Morgan fingerprint density at radius 3 is 2.70 bits per heavy atom. The lowest BCUT2D eigenvalue weighted by atomic mass is 10.1. The van der Waals surface area contributed by atoms with E-state index in [4.69, 9.17) is 0 Å². The van der Waals surface area contributed by atoms with Gasteiger partial charge in [-0.2, -0.15) is 0 Å². The summed E-state index contributed by atoms with van der Waals surface area (Å²) in [6, 6.07) is 6.02. The SMILES string of the molecule is Cc1ccsc1S(=O)(=O)NC1CCS(=O)(=O)c2ccc(Br)cc21. The van der Waals surface area contributed by atoms with Crippen molar-refractivity contribution in [3.05, 3.63) is 45.2 Å². The number of benzene rings is 1. The Kier molecular flexibility index (Phi) is 4.43. The summed E-state index contributed by atoms with van der Waals surface area (Å²) in [6.07, 6.45) is 0.218. The molecule has 0 bridgehead atoms. The van der Waals surface area contributed by atoms with Crippen molar-refractivity contribution in [2.75, 3.05) is 5.75 Å². The molecule has 1 aliphatic heterocycles. The first-order valence-electron chi connectivity index (χ1n) is 6.79. The van der Waals surface area contributed by atoms with Gasteiger partial charge in [-0.1, -0.05) is 15.9 Å². The van der Waals surface area contributed by atoms with Gasteiger partial charge >= 0.3 is 0 Å². The molecule has 1 aromatic heterocycles. The molecule has 1 N–H and O–H groups in total. The van der Waals surface area contributed by atoms with E-state index >= 15 is 0 Å². The maximum absolute atomic E-state index is 12.6. The Labute approximate surface area is 147 Å². The zero-order chi connectivity index (χ0) is 16.8. The molecule has 0 amide bonds. The Balaban J connectivity index is 2.03. The zero-order valence-corrected chi connectivity index (χ0v) is 16.1. The van der Waals surface area contributed by atoms with Crippen LogP contribution in [0.4, 0.5) is 0 Å². The fourth-order valence-corrected chi connectivity index (χ4v) is 7.28. The minimum atomic E-state index is -3.68. The van der Waals surface area contributed by atoms with Crippen molar-refractivity contribution in [3.8, 4) is 0 Å². The van der Waals surface area contributed by atoms with E-state index in [-0.39, 0.29) is 21.3 Å². The average molecular weight is 436 g/mol. The Bertz CT molecular complexity index is 964. The maximum atomic E-state index is 12.6. The minimum Gasteiger partial charge on any atom is -0.224 e. The monoisotopic (exact) mass is 435 g/mol. The minimum absolute atomic E-state index is 0.0712. The van der Waals surface area contributed by atoms with Crippen molar-refractivity contribution in [2.24, 2.45) is 0 Å². The van der Waals surface area contributed by atoms with Crippen molar-refractivity contribution in [2.45, 2.75) is 28.5 Å². The summed E-state index contributed by atoms with van der Waals surface area (Å²) >= 11 is 4.47. The second-order valence-corrected chi connectivity index (χ2v) is 11.2. The molecule has 9 heteroatoms. The molecule has 23 heavy (non-hydrogen) atoms. The standard InChI is InChI=1S/C14H14BrNO4S3/c1-9-4-6-21-14(9)23(19,20)16-12-5-7-22(17,18)13-3-2-10(15)8-11(12)13/h2-4,6,8,12,16H,5,7H2,1H3. The topological polar surface area (TPSA) is 80.3 Å². The molecule has 2 aromatic rings. The highest BCUT2D eigenvalue weighted by atomic mass is 79.9. The molecule has 1 atom stereocenters. The van der Waals surface area contributed by atoms with Crippen molar-refractivity contribution < 1.29 is 16.8 Å². The highest BCUT2D eigenvalue weighted by Crippen LogP contribution is 2.35. The lowest BCUT2D eigenvalue weighted by molar-refractivity contribution is 0.528. The van der Waals surface area contributed by atoms with E-state index in [1.54, 1.807) is 30.5 Å². The summed E-state index contributed by atoms with van der Waals surface area (Å²) in [4.78, 5) is 0.197. The van der Waals surface area contributed by atoms with E-state index in [0.717, 1.165) is 11.3 Å². The van der Waals surface area contributed by atoms with Crippen LogP contribution in [0.2, 0.25) is 0 Å². The Morgan fingerprint density at radius 2 is 2.04 bits per heavy atom. The first-order valence-corrected chi connectivity index (χ1v) is 11.6. The van der Waals surface area contributed by atoms with Gasteiger partial charge in [0.1, 0.15) is 4.21 Å². The molecular weight excluding hydrogens is 422 g/mol. The van der Waals surface area contributed by atoms with Gasteiger partial charge in [-0.25, -0.2) is 21.6 Å². The molecule has 0 aliphatic carbocycles. The molecule has 1 aromatic carbocycles. The first kappa shape index (κ1) is 17.1. The first-order chi connectivity index (χ1) is 10.7. The van der Waals surface area contributed by atoms with Gasteiger partial charge in [-0.15, -0.1) is 11.3 Å². The summed E-state index contributed by atoms with van der Waals surface area (Å²) in [5.41, 5.74) is 1.17. The fraction of sp³-hybridized carbons (Fsp3) is 0.286. The highest BCUT2D eigenvalue weighted by Gasteiger charge is 2.33. The maximum Gasteiger partial charge on any atom is 0.250 e. The van der Waals surface area contributed by atoms with Crippen LogP contribution in [0.5, 0.6) is 0 Å². The average Bonchev–Trinajstić information content (AvgIpc) is 2.89. The number of sulfone groups is 1. The number of rotatable bonds is 3. The van der Waals surface area contributed by atoms with Crippen molar-refractivity contribution in [1.29, 1.82) is 0 Å². The van der Waals surface area contributed by atoms with Crippen LogP contribution in [0.15, 0.2) is 43.2 Å². The van der Waals surface area contributed by atoms with Crippen LogP contribution in [0, 0.1) is 6.92 Å². The van der Waals surface area contributed by atoms with Gasteiger partial charge < -0.3 is 0 Å². The number of hydrogen-bond donors (Lipinski definition) is 1. The molecule has 1 unspecified atom stereocenters. The van der Waals surface area contributed by atoms with Gasteiger partial charge in [-0.05, 0) is 54.1 Å². The Hall–Kier alpha value is -0.740. The van der Waals surface area contributed by atoms with Crippen LogP contribution in [0.3, 0.4) is 0 Å². The van der Waals surface area contributed by atoms with Gasteiger partial charge in [0.25, 0.3) is 10.0 Å². The summed E-state index contributed by atoms with van der Waals surface area (Å²) in [5.74, 6) is -0.0712. The fourth-order valence-electron chi connectivity index (χ4n) is 2.61. The summed E-state index contributed by atoms with van der Waals surface area (Å²) in [7, 11) is -7.04. The van der Waals surface area contributed by atoms with E-state index in [1.807, 2.05) is 0 Å². The molecule has 0 saturated heterocycles. The molecule has 5 nitrogen and oxygen atoms in total. The third kappa shape index (κ3) is 3.25. The number of aryl methyl sites for hydroxylation is 1. The van der Waals surface area contributed by atoms with Gasteiger partial charge in [-0.3, -0.25) is 0 Å². The van der Waals surface area contributed by atoms with Gasteiger partial charge in [0.05, 0.1) is 10.6 Å². The Morgan fingerprint density at radius 1 is 1.30 bits per heavy atom. The van der Waals surface area contributed by atoms with Crippen molar-refractivity contribution >= 4 is 47.1 Å². The van der Waals surface area contributed by atoms with Crippen LogP contribution in [-0.4, -0.2) is 22.6 Å². The summed E-state index contributed by atoms with van der Waals surface area (Å²) < 4.78 is 53.2. The highest BCUT2D eigenvalue weighted by molar-refractivity contribution is 9.10. The van der Waals surface area contributed by atoms with E-state index in [1.165, 1.54) is 6.07 Å². The predicted molar refractivity (Wildman–Crippen MR) is 92.9 cm³/mol. The molecule has 124 valence electrons. The number of fused-ring (bicyclic) bond motifs is 1. The van der Waals surface area contributed by atoms with Gasteiger partial charge in [0.15, 0.2) is 9.84 Å². The third-order valence-corrected chi connectivity index (χ3v) is 9.18. The second-order valence-electron chi connectivity index (χ2n) is 5.35. The van der Waals surface area contributed by atoms with E-state index in [2.05, 4.69) is 20.7 Å². The lowest BCUT2D eigenvalue weighted by Crippen LogP contribution is -2.33. The van der Waals surface area contributed by atoms with Crippen LogP contribution in [0.1, 0.15) is 23.6 Å². The predicted octanol–water partition coefficient (Wildman–Crippen LogP) is 3.02. The molecule has 2 heterocycles. The van der Waals surface area contributed by atoms with E-state index in [0.29, 0.717) is 15.6 Å². The van der Waals surface area contributed by atoms with Crippen LogP contribution < -0.4 is 4.72 Å². The zero-order valence-electron chi connectivity index (χ0n) is 12.1.